The fourth-order valence-corrected chi connectivity index (χ4v) is 4.95. The quantitative estimate of drug-likeness (QED) is 0.219. The van der Waals surface area contributed by atoms with Crippen molar-refractivity contribution in [2.24, 2.45) is 0 Å². The Hall–Kier alpha value is -5.10. The van der Waals surface area contributed by atoms with Crippen molar-refractivity contribution in [3.8, 4) is 22.4 Å². The number of hydrogen-bond donors (Lipinski definition) is 2. The van der Waals surface area contributed by atoms with Gasteiger partial charge in [0, 0.05) is 35.5 Å². The Morgan fingerprint density at radius 2 is 1.64 bits per heavy atom. The van der Waals surface area contributed by atoms with Crippen molar-refractivity contribution >= 4 is 11.3 Å². The van der Waals surface area contributed by atoms with E-state index in [1.807, 2.05) is 0 Å². The molecule has 1 atom stereocenters. The first-order valence-corrected chi connectivity index (χ1v) is 12.9. The summed E-state index contributed by atoms with van der Waals surface area (Å²) in [5.74, 6) is -2.05. The number of aromatic nitrogens is 6. The Bertz CT molecular complexity index is 1860. The minimum absolute atomic E-state index is 0.0120. The molecule has 2 aromatic carbocycles. The van der Waals surface area contributed by atoms with Crippen LogP contribution >= 0.6 is 0 Å². The topological polar surface area (TPSA) is 93.2 Å². The minimum atomic E-state index is -1.75. The zero-order valence-electron chi connectivity index (χ0n) is 21.9. The Balaban J connectivity index is 1.30. The molecule has 0 aliphatic rings. The van der Waals surface area contributed by atoms with Crippen molar-refractivity contribution in [1.82, 2.24) is 29.4 Å². The minimum Gasteiger partial charge on any atom is -0.383 e. The maximum absolute atomic E-state index is 14.8. The number of fused-ring (bicyclic) bond motifs is 1. The van der Waals surface area contributed by atoms with Crippen LogP contribution in [-0.4, -0.2) is 41.0 Å². The Kier molecular flexibility index (Phi) is 7.13. The molecular weight excluding hydrogens is 550 g/mol. The van der Waals surface area contributed by atoms with Gasteiger partial charge in [-0.25, -0.2) is 36.7 Å². The number of pyridine rings is 2. The van der Waals surface area contributed by atoms with Gasteiger partial charge in [0.05, 0.1) is 18.3 Å². The zero-order chi connectivity index (χ0) is 29.3. The number of nitrogens with one attached hydrogen (secondary N) is 1. The third-order valence-electron chi connectivity index (χ3n) is 6.93. The first kappa shape index (κ1) is 27.1. The van der Waals surface area contributed by atoms with E-state index in [4.69, 9.17) is 0 Å². The van der Waals surface area contributed by atoms with Crippen LogP contribution in [0.15, 0.2) is 91.8 Å². The molecule has 12 heteroatoms. The van der Waals surface area contributed by atoms with Crippen LogP contribution < -0.4 is 5.32 Å². The van der Waals surface area contributed by atoms with Crippen molar-refractivity contribution in [3.05, 3.63) is 121 Å². The van der Waals surface area contributed by atoms with E-state index in [1.165, 1.54) is 52.3 Å². The zero-order valence-corrected chi connectivity index (χ0v) is 21.9. The predicted octanol–water partition coefficient (Wildman–Crippen LogP) is 5.60. The lowest BCUT2D eigenvalue weighted by Gasteiger charge is -2.29. The average molecular weight is 574 g/mol. The van der Waals surface area contributed by atoms with Crippen molar-refractivity contribution in [1.29, 1.82) is 0 Å². The highest BCUT2D eigenvalue weighted by Crippen LogP contribution is 2.36. The molecule has 2 N–H and O–H groups in total. The van der Waals surface area contributed by atoms with Gasteiger partial charge in [0.15, 0.2) is 0 Å². The highest BCUT2D eigenvalue weighted by molar-refractivity contribution is 5.92. The molecule has 0 radical (unpaired) electrons. The molecule has 0 aliphatic carbocycles. The molecule has 4 heterocycles. The summed E-state index contributed by atoms with van der Waals surface area (Å²) in [5, 5.41) is 23.3. The number of halogens is 4. The summed E-state index contributed by atoms with van der Waals surface area (Å²) in [6.45, 7) is 0.0357. The number of hydrogen-bond acceptors (Lipinski definition) is 6. The second-order valence-corrected chi connectivity index (χ2v) is 9.76. The van der Waals surface area contributed by atoms with Gasteiger partial charge in [0.25, 0.3) is 0 Å². The normalized spacial score (nSPS) is 12.9. The summed E-state index contributed by atoms with van der Waals surface area (Å²) in [6, 6.07) is 15.4. The van der Waals surface area contributed by atoms with Crippen LogP contribution in [-0.2, 0) is 12.1 Å². The van der Waals surface area contributed by atoms with Gasteiger partial charge in [-0.05, 0) is 66.6 Å². The fraction of sp³-hybridized carbons (Fsp3) is 0.133. The SMILES string of the molecule is OC(CCNc1cc(-c2c(-c3ccc(F)cc3)nn3cc(F)ccc23)ccn1)(Cn1cncn1)c1ccc(F)cc1F. The standard InChI is InChI=1S/C30H23F4N7O/c31-21-3-1-19(2-4-21)29-28(26-8-6-23(33)15-41(26)39-29)20-9-11-36-27(13-20)37-12-10-30(42,16-40-18-35-17-38-40)24-7-5-22(32)14-25(24)34/h1-9,11,13-15,17-18,42H,10,12,16H2,(H,36,37). The molecule has 0 bridgehead atoms. The molecule has 0 saturated heterocycles. The number of benzene rings is 2. The molecule has 0 spiro atoms. The van der Waals surface area contributed by atoms with Crippen molar-refractivity contribution in [3.63, 3.8) is 0 Å². The van der Waals surface area contributed by atoms with E-state index >= 15 is 0 Å². The monoisotopic (exact) mass is 573 g/mol. The van der Waals surface area contributed by atoms with E-state index in [1.54, 1.807) is 36.5 Å². The van der Waals surface area contributed by atoms with Crippen LogP contribution in [0.2, 0.25) is 0 Å². The lowest BCUT2D eigenvalue weighted by atomic mass is 9.89. The third-order valence-corrected chi connectivity index (χ3v) is 6.93. The number of nitrogens with zero attached hydrogens (tertiary/aromatic N) is 6. The summed E-state index contributed by atoms with van der Waals surface area (Å²) in [6.07, 6.45) is 5.55. The highest BCUT2D eigenvalue weighted by atomic mass is 19.1. The number of anilines is 1. The number of aliphatic hydroxyl groups is 1. The molecule has 0 fully saturated rings. The molecular formula is C30H23F4N7O. The summed E-state index contributed by atoms with van der Waals surface area (Å²) < 4.78 is 58.8. The third kappa shape index (κ3) is 5.44. The second kappa shape index (κ2) is 11.1. The van der Waals surface area contributed by atoms with Gasteiger partial charge < -0.3 is 10.4 Å². The summed E-state index contributed by atoms with van der Waals surface area (Å²) >= 11 is 0. The molecule has 212 valence electrons. The maximum Gasteiger partial charge on any atom is 0.141 e. The van der Waals surface area contributed by atoms with E-state index < -0.39 is 28.9 Å². The van der Waals surface area contributed by atoms with Crippen LogP contribution in [0.1, 0.15) is 12.0 Å². The smallest absolute Gasteiger partial charge is 0.141 e. The van der Waals surface area contributed by atoms with E-state index in [2.05, 4.69) is 25.5 Å². The Morgan fingerprint density at radius 3 is 2.40 bits per heavy atom. The molecule has 4 aromatic heterocycles. The molecule has 42 heavy (non-hydrogen) atoms. The molecule has 6 aromatic rings. The van der Waals surface area contributed by atoms with Gasteiger partial charge in [0.1, 0.15) is 53.0 Å². The molecule has 0 aliphatic heterocycles. The van der Waals surface area contributed by atoms with Gasteiger partial charge in [0.2, 0.25) is 0 Å². The van der Waals surface area contributed by atoms with Crippen molar-refractivity contribution in [2.45, 2.75) is 18.6 Å². The number of rotatable bonds is 9. The summed E-state index contributed by atoms with van der Waals surface area (Å²) in [7, 11) is 0. The first-order chi connectivity index (χ1) is 20.3. The van der Waals surface area contributed by atoms with Crippen LogP contribution in [0.4, 0.5) is 23.4 Å². The van der Waals surface area contributed by atoms with Crippen LogP contribution in [0.25, 0.3) is 27.9 Å². The molecule has 0 amide bonds. The van der Waals surface area contributed by atoms with Gasteiger partial charge >= 0.3 is 0 Å². The molecule has 6 rings (SSSR count). The van der Waals surface area contributed by atoms with Crippen LogP contribution in [0.5, 0.6) is 0 Å². The average Bonchev–Trinajstić information content (AvgIpc) is 3.61. The lowest BCUT2D eigenvalue weighted by Crippen LogP contribution is -2.35. The molecule has 8 nitrogen and oxygen atoms in total. The van der Waals surface area contributed by atoms with Gasteiger partial charge in [-0.3, -0.25) is 0 Å². The lowest BCUT2D eigenvalue weighted by molar-refractivity contribution is 0.00623. The predicted molar refractivity (Wildman–Crippen MR) is 147 cm³/mol. The van der Waals surface area contributed by atoms with Crippen molar-refractivity contribution in [2.75, 3.05) is 11.9 Å². The van der Waals surface area contributed by atoms with E-state index in [9.17, 15) is 22.7 Å². The van der Waals surface area contributed by atoms with E-state index in [-0.39, 0.29) is 25.1 Å². The van der Waals surface area contributed by atoms with Gasteiger partial charge in [-0.2, -0.15) is 10.2 Å². The van der Waals surface area contributed by atoms with E-state index in [0.29, 0.717) is 33.7 Å². The van der Waals surface area contributed by atoms with Gasteiger partial charge in [-0.15, -0.1) is 0 Å². The molecule has 0 saturated carbocycles. The Morgan fingerprint density at radius 1 is 0.857 bits per heavy atom. The molecule has 1 unspecified atom stereocenters. The second-order valence-electron chi connectivity index (χ2n) is 9.76. The van der Waals surface area contributed by atoms with E-state index in [0.717, 1.165) is 12.1 Å². The highest BCUT2D eigenvalue weighted by Gasteiger charge is 2.33. The largest absolute Gasteiger partial charge is 0.383 e. The maximum atomic E-state index is 14.8. The van der Waals surface area contributed by atoms with Crippen molar-refractivity contribution < 1.29 is 22.7 Å². The summed E-state index contributed by atoms with van der Waals surface area (Å²) in [5.41, 5.74) is 1.35. The Labute approximate surface area is 236 Å². The fourth-order valence-electron chi connectivity index (χ4n) is 4.95. The van der Waals surface area contributed by atoms with Crippen LogP contribution in [0.3, 0.4) is 0 Å². The van der Waals surface area contributed by atoms with Crippen LogP contribution in [0, 0.1) is 23.3 Å². The van der Waals surface area contributed by atoms with Gasteiger partial charge in [-0.1, -0.05) is 6.07 Å². The summed E-state index contributed by atoms with van der Waals surface area (Å²) in [4.78, 5) is 8.25. The first-order valence-electron chi connectivity index (χ1n) is 12.9.